The normalized spacial score (nSPS) is 33.3. The molecule has 8 N–H and O–H groups in total. The summed E-state index contributed by atoms with van der Waals surface area (Å²) in [7, 11) is 0. The van der Waals surface area contributed by atoms with Crippen molar-refractivity contribution in [3.05, 3.63) is 0 Å². The Morgan fingerprint density at radius 2 is 0.959 bits per heavy atom. The van der Waals surface area contributed by atoms with E-state index in [0.29, 0.717) is 12.8 Å². The second-order valence-corrected chi connectivity index (χ2v) is 14.0. The van der Waals surface area contributed by atoms with Crippen LogP contribution in [0.15, 0.2) is 0 Å². The maximum Gasteiger partial charge on any atom is 0.271 e. The van der Waals surface area contributed by atoms with Crippen LogP contribution in [0.4, 0.5) is 0 Å². The molecule has 0 radical (unpaired) electrons. The van der Waals surface area contributed by atoms with Gasteiger partial charge >= 0.3 is 0 Å². The average molecular weight is 707 g/mol. The molecule has 1 unspecified atom stereocenters. The van der Waals surface area contributed by atoms with E-state index in [0.717, 1.165) is 77.0 Å². The molecule has 0 saturated carbocycles. The van der Waals surface area contributed by atoms with Crippen LogP contribution in [0.3, 0.4) is 0 Å². The monoisotopic (exact) mass is 706 g/mol. The van der Waals surface area contributed by atoms with Crippen LogP contribution in [0.25, 0.3) is 0 Å². The molecule has 0 aromatic carbocycles. The van der Waals surface area contributed by atoms with E-state index in [1.54, 1.807) is 0 Å². The zero-order valence-corrected chi connectivity index (χ0v) is 29.8. The average Bonchev–Trinajstić information content (AvgIpc) is 3.34. The molecule has 2 fully saturated rings. The molecule has 9 atom stereocenters. The summed E-state index contributed by atoms with van der Waals surface area (Å²) in [6.45, 7) is 1.27. The van der Waals surface area contributed by atoms with Gasteiger partial charge in [0.2, 0.25) is 11.4 Å². The number of unbranched alkanes of at least 4 members (excludes halogenated alkanes) is 16. The second kappa shape index (κ2) is 22.1. The van der Waals surface area contributed by atoms with Crippen molar-refractivity contribution in [2.24, 2.45) is 0 Å². The number of carbonyl (C=O) groups is 2. The number of hydrogen-bond acceptors (Lipinski definition) is 13. The van der Waals surface area contributed by atoms with Crippen LogP contribution in [0, 0.1) is 0 Å². The number of ether oxygens (including phenoxy) is 3. The molecule has 0 spiro atoms. The van der Waals surface area contributed by atoms with Gasteiger partial charge in [0.25, 0.3) is 5.79 Å². The van der Waals surface area contributed by atoms with Gasteiger partial charge in [-0.2, -0.15) is 0 Å². The van der Waals surface area contributed by atoms with E-state index in [2.05, 4.69) is 13.8 Å². The highest BCUT2D eigenvalue weighted by molar-refractivity contribution is 5.99. The molecule has 2 rings (SSSR count). The molecule has 0 aromatic rings. The fraction of sp³-hybridized carbons (Fsp3) is 0.944. The summed E-state index contributed by atoms with van der Waals surface area (Å²) in [4.78, 5) is 28.3. The van der Waals surface area contributed by atoms with E-state index in [1.807, 2.05) is 0 Å². The van der Waals surface area contributed by atoms with E-state index in [9.17, 15) is 50.4 Å². The lowest BCUT2D eigenvalue weighted by atomic mass is 9.72. The largest absolute Gasteiger partial charge is 0.394 e. The molecule has 288 valence electrons. The molecule has 2 saturated heterocycles. The minimum absolute atomic E-state index is 0.269. The fourth-order valence-electron chi connectivity index (χ4n) is 6.99. The van der Waals surface area contributed by atoms with Crippen molar-refractivity contribution in [1.82, 2.24) is 0 Å². The highest BCUT2D eigenvalue weighted by Crippen LogP contribution is 2.47. The summed E-state index contributed by atoms with van der Waals surface area (Å²) >= 11 is 0. The Morgan fingerprint density at radius 1 is 0.571 bits per heavy atom. The van der Waals surface area contributed by atoms with Crippen LogP contribution in [0.5, 0.6) is 0 Å². The van der Waals surface area contributed by atoms with Crippen molar-refractivity contribution in [3.63, 3.8) is 0 Å². The number of Topliss-reactive ketones (excluding diaryl/α,β-unsaturated/α-hetero) is 2. The predicted octanol–water partition coefficient (Wildman–Crippen LogP) is 2.32. The predicted molar refractivity (Wildman–Crippen MR) is 180 cm³/mol. The summed E-state index contributed by atoms with van der Waals surface area (Å²) in [5.41, 5.74) is -3.28. The first-order valence-electron chi connectivity index (χ1n) is 18.9. The maximum absolute atomic E-state index is 14.3. The van der Waals surface area contributed by atoms with Crippen molar-refractivity contribution in [3.8, 4) is 0 Å². The Labute approximate surface area is 292 Å². The Kier molecular flexibility index (Phi) is 19.9. The number of rotatable bonds is 27. The maximum atomic E-state index is 14.3. The third-order valence-corrected chi connectivity index (χ3v) is 10.2. The number of ketones is 2. The van der Waals surface area contributed by atoms with Gasteiger partial charge in [-0.3, -0.25) is 9.59 Å². The topological polar surface area (TPSA) is 224 Å². The van der Waals surface area contributed by atoms with Crippen LogP contribution in [-0.2, 0) is 23.8 Å². The van der Waals surface area contributed by atoms with Crippen molar-refractivity contribution in [2.45, 2.75) is 196 Å². The molecule has 2 aliphatic rings. The molecule has 2 heterocycles. The summed E-state index contributed by atoms with van der Waals surface area (Å²) in [6.07, 6.45) is 4.32. The lowest BCUT2D eigenvalue weighted by Gasteiger charge is -2.55. The number of aliphatic hydroxyl groups is 8. The number of hydrogen-bond donors (Lipinski definition) is 8. The van der Waals surface area contributed by atoms with Gasteiger partial charge in [0.05, 0.1) is 13.2 Å². The minimum Gasteiger partial charge on any atom is -0.394 e. The Balaban J connectivity index is 2.37. The zero-order valence-electron chi connectivity index (χ0n) is 29.8. The van der Waals surface area contributed by atoms with Gasteiger partial charge in [-0.25, -0.2) is 0 Å². The van der Waals surface area contributed by atoms with Crippen molar-refractivity contribution in [1.29, 1.82) is 0 Å². The SMILES string of the molecule is CCCCCCCCCCCC(=O)[C@@]1(OC2(CO)O[C@H](CO)[C@@H](O)[C@@H]2O)O[C@H](CO)[C@@H](O)[C@H](O)[C@]1(O)C(=O)CCCCCCCCCCC. The van der Waals surface area contributed by atoms with E-state index >= 15 is 0 Å². The fourth-order valence-corrected chi connectivity index (χ4v) is 6.99. The first-order valence-corrected chi connectivity index (χ1v) is 18.9. The molecular formula is C36H66O13. The summed E-state index contributed by atoms with van der Waals surface area (Å²) < 4.78 is 17.3. The van der Waals surface area contributed by atoms with Gasteiger partial charge < -0.3 is 55.1 Å². The van der Waals surface area contributed by atoms with Gasteiger partial charge in [0, 0.05) is 12.8 Å². The highest BCUT2D eigenvalue weighted by atomic mass is 16.8. The minimum atomic E-state index is -3.28. The van der Waals surface area contributed by atoms with Crippen molar-refractivity contribution < 1.29 is 64.7 Å². The van der Waals surface area contributed by atoms with Crippen LogP contribution in [-0.4, -0.2) is 126 Å². The second-order valence-electron chi connectivity index (χ2n) is 14.0. The number of aliphatic hydroxyl groups excluding tert-OH is 7. The molecule has 0 bridgehead atoms. The smallest absolute Gasteiger partial charge is 0.271 e. The number of carbonyl (C=O) groups excluding carboxylic acids is 2. The van der Waals surface area contributed by atoms with E-state index in [1.165, 1.54) is 12.8 Å². The van der Waals surface area contributed by atoms with E-state index < -0.39 is 85.2 Å². The molecule has 49 heavy (non-hydrogen) atoms. The Morgan fingerprint density at radius 3 is 1.37 bits per heavy atom. The van der Waals surface area contributed by atoms with Crippen LogP contribution < -0.4 is 0 Å². The highest BCUT2D eigenvalue weighted by Gasteiger charge is 2.74. The molecule has 0 aromatic heterocycles. The molecular weight excluding hydrogens is 640 g/mol. The van der Waals surface area contributed by atoms with Gasteiger partial charge in [-0.05, 0) is 12.8 Å². The quantitative estimate of drug-likeness (QED) is 0.0575. The van der Waals surface area contributed by atoms with E-state index in [-0.39, 0.29) is 25.7 Å². The third kappa shape index (κ3) is 11.0. The Hall–Kier alpha value is -1.10. The molecule has 2 aliphatic heterocycles. The molecule has 13 nitrogen and oxygen atoms in total. The third-order valence-electron chi connectivity index (χ3n) is 10.2. The van der Waals surface area contributed by atoms with Crippen LogP contribution in [0.2, 0.25) is 0 Å². The van der Waals surface area contributed by atoms with Gasteiger partial charge in [0.15, 0.2) is 11.6 Å². The van der Waals surface area contributed by atoms with Crippen molar-refractivity contribution in [2.75, 3.05) is 19.8 Å². The zero-order chi connectivity index (χ0) is 36.5. The molecule has 0 aliphatic carbocycles. The Bertz CT molecular complexity index is 952. The van der Waals surface area contributed by atoms with Gasteiger partial charge in [0.1, 0.15) is 43.2 Å². The van der Waals surface area contributed by atoms with Crippen molar-refractivity contribution >= 4 is 11.6 Å². The summed E-state index contributed by atoms with van der Waals surface area (Å²) in [5.74, 6) is -8.04. The standard InChI is InChI=1S/C36H66O13/c1-3-5-7-9-11-13-15-17-19-21-28(40)35(46)33(45)31(43)27(24-38)48-36(35,29(41)22-20-18-16-14-12-10-8-6-4-2)49-34(25-39)32(44)30(42)26(23-37)47-34/h26-27,30-33,37-39,42-46H,3-25H2,1-2H3/t26-,27-,30-,31-,32+,33+,34?,35-,36+/m1/s1. The first-order chi connectivity index (χ1) is 23.5. The van der Waals surface area contributed by atoms with Crippen LogP contribution in [0.1, 0.15) is 142 Å². The van der Waals surface area contributed by atoms with Crippen LogP contribution >= 0.6 is 0 Å². The molecule has 13 heteroatoms. The van der Waals surface area contributed by atoms with Gasteiger partial charge in [-0.1, -0.05) is 117 Å². The lowest BCUT2D eigenvalue weighted by molar-refractivity contribution is -0.431. The lowest BCUT2D eigenvalue weighted by Crippen LogP contribution is -2.81. The first kappa shape index (κ1) is 44.1. The van der Waals surface area contributed by atoms with Gasteiger partial charge in [-0.15, -0.1) is 0 Å². The van der Waals surface area contributed by atoms with E-state index in [4.69, 9.17) is 14.2 Å². The summed E-state index contributed by atoms with van der Waals surface area (Å²) in [6, 6.07) is 0. The molecule has 0 amide bonds. The summed E-state index contributed by atoms with van der Waals surface area (Å²) in [5, 5.41) is 86.2.